The van der Waals surface area contributed by atoms with Gasteiger partial charge in [0.1, 0.15) is 23.0 Å². The molecule has 0 radical (unpaired) electrons. The van der Waals surface area contributed by atoms with Crippen molar-refractivity contribution in [2.45, 2.75) is 0 Å². The third-order valence-electron chi connectivity index (χ3n) is 5.73. The lowest BCUT2D eigenvalue weighted by atomic mass is 10.3. The normalized spacial score (nSPS) is 18.4. The van der Waals surface area contributed by atoms with Crippen LogP contribution in [-0.2, 0) is 0 Å². The average Bonchev–Trinajstić information content (AvgIpc) is 3.02. The topological polar surface area (TPSA) is 107 Å². The quantitative estimate of drug-likeness (QED) is 0.161. The lowest BCUT2D eigenvalue weighted by Gasteiger charge is -2.20. The van der Waals surface area contributed by atoms with Crippen LogP contribution >= 0.6 is 31.7 Å². The number of rotatable bonds is 9. The van der Waals surface area contributed by atoms with Crippen molar-refractivity contribution >= 4 is 37.0 Å². The van der Waals surface area contributed by atoms with E-state index in [-0.39, 0.29) is 14.3 Å². The smallest absolute Gasteiger partial charge is 0.508 e. The molecule has 0 aliphatic carbocycles. The van der Waals surface area contributed by atoms with Crippen LogP contribution in [0.3, 0.4) is 0 Å². The second kappa shape index (κ2) is 13.4. The highest BCUT2D eigenvalue weighted by atomic mass is 31.2. The first-order valence-electron chi connectivity index (χ1n) is 13.1. The molecule has 2 atom stereocenters. The molecule has 0 spiro atoms. The maximum absolute atomic E-state index is 10.0. The number of aromatic hydroxyl groups is 1. The van der Waals surface area contributed by atoms with E-state index in [9.17, 15) is 5.11 Å². The predicted molar refractivity (Wildman–Crippen MR) is 173 cm³/mol. The van der Waals surface area contributed by atoms with Crippen LogP contribution in [0.25, 0.3) is 0 Å². The van der Waals surface area contributed by atoms with E-state index in [2.05, 4.69) is 0 Å². The van der Waals surface area contributed by atoms with Crippen molar-refractivity contribution in [3.05, 3.63) is 146 Å². The third-order valence-corrected chi connectivity index (χ3v) is 14.0. The van der Waals surface area contributed by atoms with Crippen molar-refractivity contribution in [2.24, 2.45) is 18.1 Å². The summed E-state index contributed by atoms with van der Waals surface area (Å²) in [6, 6.07) is 43.8. The van der Waals surface area contributed by atoms with Gasteiger partial charge in [-0.3, -0.25) is 0 Å². The maximum atomic E-state index is 10.0. The van der Waals surface area contributed by atoms with Gasteiger partial charge in [-0.25, -0.2) is 4.52 Å². The molecule has 0 fully saturated rings. The van der Waals surface area contributed by atoms with Crippen molar-refractivity contribution in [1.29, 1.82) is 0 Å². The maximum Gasteiger partial charge on any atom is 0.600 e. The molecule has 6 rings (SSSR count). The molecule has 5 aromatic rings. The Kier molecular flexibility index (Phi) is 8.98. The number of phenolic OH excluding ortho intramolecular Hbond substituents is 1. The van der Waals surface area contributed by atoms with E-state index in [1.807, 2.05) is 121 Å². The minimum Gasteiger partial charge on any atom is -0.508 e. The molecule has 0 saturated heterocycles. The molecule has 0 amide bonds. The van der Waals surface area contributed by atoms with Gasteiger partial charge in [0.25, 0.3) is 0 Å². The van der Waals surface area contributed by atoms with Crippen LogP contribution in [0.4, 0.5) is 0 Å². The summed E-state index contributed by atoms with van der Waals surface area (Å²) in [5.74, 6) is 2.31. The predicted octanol–water partition coefficient (Wildman–Crippen LogP) is 10.9. The number of phenols is 1. The van der Waals surface area contributed by atoms with Crippen molar-refractivity contribution in [2.75, 3.05) is 0 Å². The van der Waals surface area contributed by atoms with E-state index in [1.165, 1.54) is 0 Å². The van der Waals surface area contributed by atoms with E-state index in [4.69, 9.17) is 36.2 Å². The Morgan fingerprint density at radius 1 is 0.558 bits per heavy atom. The van der Waals surface area contributed by atoms with Gasteiger partial charge in [-0.1, -0.05) is 72.8 Å². The fourth-order valence-electron chi connectivity index (χ4n) is 3.79. The minimum atomic E-state index is -3.46. The summed E-state index contributed by atoms with van der Waals surface area (Å²) in [4.78, 5) is 0. The number of benzene rings is 5. The van der Waals surface area contributed by atoms with Gasteiger partial charge >= 0.3 is 23.2 Å². The van der Waals surface area contributed by atoms with Gasteiger partial charge < -0.3 is 18.7 Å². The second-order valence-electron chi connectivity index (χ2n) is 8.87. The molecule has 0 bridgehead atoms. The van der Waals surface area contributed by atoms with Crippen molar-refractivity contribution < 1.29 is 23.2 Å². The van der Waals surface area contributed by atoms with Crippen LogP contribution in [0.5, 0.6) is 28.7 Å². The third kappa shape index (κ3) is 7.40. The van der Waals surface area contributed by atoms with Crippen molar-refractivity contribution in [1.82, 2.24) is 0 Å². The largest absolute Gasteiger partial charge is 0.600 e. The first-order valence-corrected chi connectivity index (χ1v) is 18.2. The van der Waals surface area contributed by atoms with Gasteiger partial charge in [-0.05, 0) is 72.8 Å². The Hall–Kier alpha value is -4.24. The summed E-state index contributed by atoms with van der Waals surface area (Å²) in [6.07, 6.45) is 0. The minimum absolute atomic E-state index is 0.112. The molecular formula is C30H25N4O5P4+. The van der Waals surface area contributed by atoms with Crippen LogP contribution in [0.1, 0.15) is 0 Å². The van der Waals surface area contributed by atoms with E-state index in [0.29, 0.717) is 28.3 Å². The van der Waals surface area contributed by atoms with Gasteiger partial charge in [-0.15, -0.1) is 4.52 Å². The highest BCUT2D eigenvalue weighted by Gasteiger charge is 2.41. The van der Waals surface area contributed by atoms with E-state index in [1.54, 1.807) is 24.3 Å². The van der Waals surface area contributed by atoms with Crippen LogP contribution in [0, 0.1) is 0 Å². The van der Waals surface area contributed by atoms with E-state index >= 15 is 0 Å². The number of para-hydroxylation sites is 4. The molecule has 5 aromatic carbocycles. The van der Waals surface area contributed by atoms with Gasteiger partial charge in [0.2, 0.25) is 0 Å². The zero-order chi connectivity index (χ0) is 29.4. The average molecular weight is 645 g/mol. The zero-order valence-corrected chi connectivity index (χ0v) is 26.1. The van der Waals surface area contributed by atoms with E-state index < -0.39 is 23.2 Å². The zero-order valence-electron chi connectivity index (χ0n) is 22.5. The molecule has 1 heterocycles. The molecule has 0 saturated carbocycles. The number of hydrogen-bond donors (Lipinski definition) is 1. The van der Waals surface area contributed by atoms with E-state index in [0.717, 1.165) is 0 Å². The molecule has 1 aliphatic heterocycles. The van der Waals surface area contributed by atoms with Crippen LogP contribution in [0.2, 0.25) is 0 Å². The van der Waals surface area contributed by atoms with Gasteiger partial charge in [0, 0.05) is 4.52 Å². The highest BCUT2D eigenvalue weighted by Crippen LogP contribution is 2.67. The first kappa shape index (κ1) is 28.9. The molecule has 0 aromatic heterocycles. The SMILES string of the molecule is Oc1ccc(P2(Oc3ccccc3)=NP=NP(Oc3ccccc3)(Oc3ccccc3)=N[P+](Oc3ccccc3)=N2)cc1. The lowest BCUT2D eigenvalue weighted by Crippen LogP contribution is -2.08. The molecule has 1 aliphatic rings. The van der Waals surface area contributed by atoms with Crippen molar-refractivity contribution in [3.63, 3.8) is 0 Å². The number of hydrogen-bond acceptors (Lipinski definition) is 9. The summed E-state index contributed by atoms with van der Waals surface area (Å²) < 4.78 is 46.0. The summed E-state index contributed by atoms with van der Waals surface area (Å²) in [6.45, 7) is 0. The van der Waals surface area contributed by atoms with Crippen LogP contribution in [0.15, 0.2) is 164 Å². The fraction of sp³-hybridized carbons (Fsp3) is 0. The Morgan fingerprint density at radius 2 is 1.02 bits per heavy atom. The Morgan fingerprint density at radius 3 is 1.53 bits per heavy atom. The fourth-order valence-corrected chi connectivity index (χ4v) is 12.3. The molecule has 214 valence electrons. The molecule has 13 heteroatoms. The second-order valence-corrected chi connectivity index (χ2v) is 15.7. The number of nitrogens with zero attached hydrogens (tertiary/aromatic N) is 4. The Labute approximate surface area is 252 Å². The van der Waals surface area contributed by atoms with Gasteiger partial charge in [0.05, 0.1) is 9.82 Å². The molecule has 2 unspecified atom stereocenters. The van der Waals surface area contributed by atoms with Crippen molar-refractivity contribution in [3.8, 4) is 28.7 Å². The molecule has 1 N–H and O–H groups in total. The first-order chi connectivity index (χ1) is 21.1. The highest BCUT2D eigenvalue weighted by molar-refractivity contribution is 7.77. The Bertz CT molecular complexity index is 1800. The monoisotopic (exact) mass is 645 g/mol. The lowest BCUT2D eigenvalue weighted by molar-refractivity contribution is 0.475. The molecule has 9 nitrogen and oxygen atoms in total. The molecular weight excluding hydrogens is 620 g/mol. The van der Waals surface area contributed by atoms with Crippen LogP contribution < -0.4 is 23.4 Å². The summed E-state index contributed by atoms with van der Waals surface area (Å²) in [5.41, 5.74) is 0. The molecule has 43 heavy (non-hydrogen) atoms. The standard InChI is InChI=1S/C30H24N4O5P4/c35-25-21-23-30(24-22-25)42(37-27-15-7-2-8-16-27)31-40-32-43(38-28-17-9-3-10-18-28,39-29-19-11-4-12-20-29)34-41(33-42)36-26-13-5-1-6-14-26/h1-24H/p+1. The summed E-state index contributed by atoms with van der Waals surface area (Å²) in [7, 11) is -8.50. The Balaban J connectivity index is 1.57. The van der Waals surface area contributed by atoms with Gasteiger partial charge in [-0.2, -0.15) is 4.52 Å². The van der Waals surface area contributed by atoms with Gasteiger partial charge in [0.15, 0.2) is 14.3 Å². The summed E-state index contributed by atoms with van der Waals surface area (Å²) in [5, 5.41) is 10.7. The summed E-state index contributed by atoms with van der Waals surface area (Å²) >= 11 is 0. The van der Waals surface area contributed by atoms with Crippen LogP contribution in [-0.4, -0.2) is 5.11 Å².